The zero-order chi connectivity index (χ0) is 14.4. The molecule has 0 heterocycles. The topological polar surface area (TPSA) is 54.4 Å². The van der Waals surface area contributed by atoms with Gasteiger partial charge < -0.3 is 5.11 Å². The van der Waals surface area contributed by atoms with Crippen molar-refractivity contribution < 1.29 is 14.7 Å². The standard InChI is InChI=1S/C17H22O3/c18-15-8-4-10-17(13-15,11-5-9-16(19)20)12-14-6-2-1-3-7-14/h1-3,6-7H,4-5,8-13H2,(H,19,20). The number of carbonyl (C=O) groups is 2. The summed E-state index contributed by atoms with van der Waals surface area (Å²) in [6.07, 6.45) is 5.86. The second kappa shape index (κ2) is 6.69. The molecule has 1 aromatic carbocycles. The molecular formula is C17H22O3. The summed E-state index contributed by atoms with van der Waals surface area (Å²) in [4.78, 5) is 22.6. The monoisotopic (exact) mass is 274 g/mol. The third kappa shape index (κ3) is 4.19. The molecule has 1 aliphatic carbocycles. The van der Waals surface area contributed by atoms with Gasteiger partial charge in [0.2, 0.25) is 0 Å². The maximum Gasteiger partial charge on any atom is 0.303 e. The summed E-state index contributed by atoms with van der Waals surface area (Å²) in [5.74, 6) is -0.412. The summed E-state index contributed by atoms with van der Waals surface area (Å²) in [5, 5.41) is 8.80. The number of rotatable bonds is 6. The van der Waals surface area contributed by atoms with Gasteiger partial charge in [-0.05, 0) is 43.1 Å². The molecule has 2 rings (SSSR count). The van der Waals surface area contributed by atoms with Gasteiger partial charge in [-0.1, -0.05) is 30.3 Å². The predicted molar refractivity (Wildman–Crippen MR) is 77.5 cm³/mol. The van der Waals surface area contributed by atoms with Gasteiger partial charge in [0.15, 0.2) is 0 Å². The number of hydrogen-bond acceptors (Lipinski definition) is 2. The maximum atomic E-state index is 11.8. The fourth-order valence-electron chi connectivity index (χ4n) is 3.35. The Hall–Kier alpha value is -1.64. The van der Waals surface area contributed by atoms with Crippen LogP contribution < -0.4 is 0 Å². The van der Waals surface area contributed by atoms with Crippen molar-refractivity contribution in [3.05, 3.63) is 35.9 Å². The van der Waals surface area contributed by atoms with Crippen LogP contribution in [0.3, 0.4) is 0 Å². The molecule has 108 valence electrons. The van der Waals surface area contributed by atoms with Gasteiger partial charge >= 0.3 is 5.97 Å². The number of hydrogen-bond donors (Lipinski definition) is 1. The molecule has 1 fully saturated rings. The molecule has 1 aliphatic rings. The van der Waals surface area contributed by atoms with E-state index in [-0.39, 0.29) is 11.8 Å². The number of carboxylic acids is 1. The van der Waals surface area contributed by atoms with E-state index in [4.69, 9.17) is 5.11 Å². The predicted octanol–water partition coefficient (Wildman–Crippen LogP) is 3.61. The van der Waals surface area contributed by atoms with Crippen LogP contribution in [0, 0.1) is 5.41 Å². The first-order valence-corrected chi connectivity index (χ1v) is 7.37. The lowest BCUT2D eigenvalue weighted by molar-refractivity contribution is -0.137. The second-order valence-corrected chi connectivity index (χ2v) is 5.98. The molecule has 20 heavy (non-hydrogen) atoms. The number of Topliss-reactive ketones (excluding diaryl/α,β-unsaturated/α-hetero) is 1. The first-order chi connectivity index (χ1) is 9.60. The summed E-state index contributed by atoms with van der Waals surface area (Å²) in [6, 6.07) is 10.2. The molecule has 0 amide bonds. The third-order valence-corrected chi connectivity index (χ3v) is 4.25. The van der Waals surface area contributed by atoms with Crippen LogP contribution in [0.1, 0.15) is 50.5 Å². The van der Waals surface area contributed by atoms with Crippen molar-refractivity contribution >= 4 is 11.8 Å². The molecule has 0 radical (unpaired) electrons. The van der Waals surface area contributed by atoms with E-state index >= 15 is 0 Å². The first-order valence-electron chi connectivity index (χ1n) is 7.37. The van der Waals surface area contributed by atoms with Gasteiger partial charge in [-0.3, -0.25) is 9.59 Å². The van der Waals surface area contributed by atoms with Gasteiger partial charge in [-0.2, -0.15) is 0 Å². The number of carbonyl (C=O) groups excluding carboxylic acids is 1. The molecule has 3 heteroatoms. The van der Waals surface area contributed by atoms with Crippen molar-refractivity contribution in [3.8, 4) is 0 Å². The van der Waals surface area contributed by atoms with Crippen molar-refractivity contribution in [2.24, 2.45) is 5.41 Å². The zero-order valence-corrected chi connectivity index (χ0v) is 11.8. The minimum absolute atomic E-state index is 0.0217. The highest BCUT2D eigenvalue weighted by Crippen LogP contribution is 2.42. The highest BCUT2D eigenvalue weighted by atomic mass is 16.4. The summed E-state index contributed by atoms with van der Waals surface area (Å²) in [6.45, 7) is 0. The summed E-state index contributed by atoms with van der Waals surface area (Å²) >= 11 is 0. The van der Waals surface area contributed by atoms with E-state index in [2.05, 4.69) is 12.1 Å². The summed E-state index contributed by atoms with van der Waals surface area (Å²) in [5.41, 5.74) is 1.23. The lowest BCUT2D eigenvalue weighted by atomic mass is 9.67. The molecule has 0 spiro atoms. The molecular weight excluding hydrogens is 252 g/mol. The van der Waals surface area contributed by atoms with Crippen molar-refractivity contribution in [3.63, 3.8) is 0 Å². The second-order valence-electron chi connectivity index (χ2n) is 5.98. The Labute approximate surface area is 120 Å². The van der Waals surface area contributed by atoms with Crippen LogP contribution >= 0.6 is 0 Å². The van der Waals surface area contributed by atoms with Gasteiger partial charge in [-0.15, -0.1) is 0 Å². The van der Waals surface area contributed by atoms with Crippen LogP contribution in [0.25, 0.3) is 0 Å². The highest BCUT2D eigenvalue weighted by Gasteiger charge is 2.35. The molecule has 0 aromatic heterocycles. The summed E-state index contributed by atoms with van der Waals surface area (Å²) in [7, 11) is 0. The van der Waals surface area contributed by atoms with E-state index in [1.165, 1.54) is 5.56 Å². The summed E-state index contributed by atoms with van der Waals surface area (Å²) < 4.78 is 0. The minimum atomic E-state index is -0.748. The first kappa shape index (κ1) is 14.8. The lowest BCUT2D eigenvalue weighted by Gasteiger charge is -2.37. The molecule has 1 aromatic rings. The minimum Gasteiger partial charge on any atom is -0.481 e. The van der Waals surface area contributed by atoms with Crippen LogP contribution in [-0.2, 0) is 16.0 Å². The van der Waals surface area contributed by atoms with Gasteiger partial charge in [0, 0.05) is 19.3 Å². The zero-order valence-electron chi connectivity index (χ0n) is 11.8. The quantitative estimate of drug-likeness (QED) is 0.862. The Morgan fingerprint density at radius 1 is 1.25 bits per heavy atom. The van der Waals surface area contributed by atoms with Gasteiger partial charge in [0.1, 0.15) is 5.78 Å². The van der Waals surface area contributed by atoms with Gasteiger partial charge in [0.25, 0.3) is 0 Å². The molecule has 3 nitrogen and oxygen atoms in total. The van der Waals surface area contributed by atoms with Crippen LogP contribution in [-0.4, -0.2) is 16.9 Å². The molecule has 1 unspecified atom stereocenters. The van der Waals surface area contributed by atoms with Crippen LogP contribution in [0.4, 0.5) is 0 Å². The molecule has 1 atom stereocenters. The van der Waals surface area contributed by atoms with Crippen molar-refractivity contribution in [2.45, 2.75) is 51.4 Å². The van der Waals surface area contributed by atoms with E-state index in [0.717, 1.165) is 25.7 Å². The molecule has 1 N–H and O–H groups in total. The van der Waals surface area contributed by atoms with E-state index in [1.807, 2.05) is 18.2 Å². The fraction of sp³-hybridized carbons (Fsp3) is 0.529. The Kier molecular flexibility index (Phi) is 4.94. The Balaban J connectivity index is 2.07. The van der Waals surface area contributed by atoms with E-state index in [9.17, 15) is 9.59 Å². The van der Waals surface area contributed by atoms with E-state index in [1.54, 1.807) is 0 Å². The highest BCUT2D eigenvalue weighted by molar-refractivity contribution is 5.80. The SMILES string of the molecule is O=C(O)CCCC1(Cc2ccccc2)CCCC(=O)C1. The van der Waals surface area contributed by atoms with Gasteiger partial charge in [0.05, 0.1) is 0 Å². The molecule has 0 bridgehead atoms. The normalized spacial score (nSPS) is 22.7. The van der Waals surface area contributed by atoms with Crippen molar-refractivity contribution in [1.82, 2.24) is 0 Å². The Bertz CT molecular complexity index is 466. The van der Waals surface area contributed by atoms with Crippen molar-refractivity contribution in [2.75, 3.05) is 0 Å². The van der Waals surface area contributed by atoms with Crippen LogP contribution in [0.5, 0.6) is 0 Å². The van der Waals surface area contributed by atoms with Crippen molar-refractivity contribution in [1.29, 1.82) is 0 Å². The maximum absolute atomic E-state index is 11.8. The van der Waals surface area contributed by atoms with E-state index in [0.29, 0.717) is 25.0 Å². The smallest absolute Gasteiger partial charge is 0.303 e. The van der Waals surface area contributed by atoms with Crippen LogP contribution in [0.2, 0.25) is 0 Å². The molecule has 1 saturated carbocycles. The number of carboxylic acid groups (broad SMARTS) is 1. The average Bonchev–Trinajstić information content (AvgIpc) is 2.39. The third-order valence-electron chi connectivity index (χ3n) is 4.25. The fourth-order valence-corrected chi connectivity index (χ4v) is 3.35. The lowest BCUT2D eigenvalue weighted by Crippen LogP contribution is -2.31. The van der Waals surface area contributed by atoms with E-state index < -0.39 is 5.97 Å². The Morgan fingerprint density at radius 3 is 2.65 bits per heavy atom. The largest absolute Gasteiger partial charge is 0.481 e. The Morgan fingerprint density at radius 2 is 2.00 bits per heavy atom. The molecule has 0 aliphatic heterocycles. The molecule has 0 saturated heterocycles. The number of aliphatic carboxylic acids is 1. The van der Waals surface area contributed by atoms with Gasteiger partial charge in [-0.25, -0.2) is 0 Å². The number of benzene rings is 1. The number of ketones is 1. The average molecular weight is 274 g/mol. The van der Waals surface area contributed by atoms with Crippen LogP contribution in [0.15, 0.2) is 30.3 Å².